The smallest absolute Gasteiger partial charge is 0.307 e. The topological polar surface area (TPSA) is 138 Å². The molecule has 0 aromatic heterocycles. The van der Waals surface area contributed by atoms with Crippen molar-refractivity contribution in [2.75, 3.05) is 13.1 Å². The Balaban J connectivity index is 1.56. The lowest BCUT2D eigenvalue weighted by Gasteiger charge is -2.41. The van der Waals surface area contributed by atoms with Crippen LogP contribution < -0.4 is 0 Å². The normalized spacial score (nSPS) is 23.3. The Morgan fingerprint density at radius 1 is 0.972 bits per heavy atom. The maximum atomic E-state index is 13.8. The molecular formula is C26H25N3O7. The third-order valence-corrected chi connectivity index (χ3v) is 7.62. The number of fused-ring (bicyclic) bond motifs is 2. The maximum Gasteiger partial charge on any atom is 0.307 e. The quantitative estimate of drug-likeness (QED) is 0.385. The van der Waals surface area contributed by atoms with E-state index in [1.54, 1.807) is 36.4 Å². The number of carboxylic acids is 1. The molecule has 2 aromatic carbocycles. The second-order valence-electron chi connectivity index (χ2n) is 9.51. The fraction of sp³-hybridized carbons (Fsp3) is 0.385. The summed E-state index contributed by atoms with van der Waals surface area (Å²) in [4.78, 5) is 65.9. The summed E-state index contributed by atoms with van der Waals surface area (Å²) >= 11 is 0. The van der Waals surface area contributed by atoms with Gasteiger partial charge in [-0.3, -0.25) is 34.2 Å². The van der Waals surface area contributed by atoms with E-state index in [0.717, 1.165) is 4.90 Å². The summed E-state index contributed by atoms with van der Waals surface area (Å²) in [6, 6.07) is 10.1. The number of nitrogens with zero attached hydrogens (tertiary/aromatic N) is 3. The molecule has 10 heteroatoms. The van der Waals surface area contributed by atoms with Crippen molar-refractivity contribution in [3.63, 3.8) is 0 Å². The molecule has 3 atom stereocenters. The number of hydrogen-bond acceptors (Lipinski definition) is 6. The van der Waals surface area contributed by atoms with Crippen LogP contribution in [0.25, 0.3) is 0 Å². The SMILES string of the molecule is O=C(O)[C@H]1CCCC[C@H]1C(=O)N1CCc2cccc([N+](=O)[O-])c2C1CN1C(=O)c2ccccc2C1=O. The number of imide groups is 1. The van der Waals surface area contributed by atoms with E-state index >= 15 is 0 Å². The van der Waals surface area contributed by atoms with Gasteiger partial charge in [0.15, 0.2) is 0 Å². The van der Waals surface area contributed by atoms with Gasteiger partial charge in [-0.2, -0.15) is 0 Å². The molecule has 10 nitrogen and oxygen atoms in total. The van der Waals surface area contributed by atoms with Gasteiger partial charge in [0, 0.05) is 12.6 Å². The molecule has 1 N–H and O–H groups in total. The third kappa shape index (κ3) is 3.82. The van der Waals surface area contributed by atoms with E-state index in [2.05, 4.69) is 0 Å². The number of carbonyl (C=O) groups excluding carboxylic acids is 3. The van der Waals surface area contributed by atoms with Gasteiger partial charge in [-0.15, -0.1) is 0 Å². The number of nitro benzene ring substituents is 1. The molecule has 2 heterocycles. The van der Waals surface area contributed by atoms with Crippen LogP contribution >= 0.6 is 0 Å². The van der Waals surface area contributed by atoms with E-state index in [1.165, 1.54) is 11.0 Å². The molecular weight excluding hydrogens is 466 g/mol. The average molecular weight is 492 g/mol. The molecule has 36 heavy (non-hydrogen) atoms. The molecule has 3 amide bonds. The summed E-state index contributed by atoms with van der Waals surface area (Å²) in [5.74, 6) is -4.06. The van der Waals surface area contributed by atoms with Gasteiger partial charge >= 0.3 is 5.97 Å². The van der Waals surface area contributed by atoms with Crippen LogP contribution in [0.1, 0.15) is 63.6 Å². The van der Waals surface area contributed by atoms with E-state index in [4.69, 9.17) is 0 Å². The van der Waals surface area contributed by atoms with Gasteiger partial charge in [0.1, 0.15) is 0 Å². The van der Waals surface area contributed by atoms with Gasteiger partial charge in [0.25, 0.3) is 17.5 Å². The van der Waals surface area contributed by atoms with E-state index in [9.17, 15) is 34.4 Å². The Hall–Kier alpha value is -4.08. The van der Waals surface area contributed by atoms with Crippen LogP contribution in [0.3, 0.4) is 0 Å². The number of amides is 3. The third-order valence-electron chi connectivity index (χ3n) is 7.62. The standard InChI is InChI=1S/C26H25N3O7/c30-23(18-9-3-4-10-19(18)26(33)34)27-13-12-15-6-5-11-20(29(35)36)22(15)21(27)14-28-24(31)16-7-1-2-8-17(16)25(28)32/h1-2,5-8,11,18-19,21H,3-4,9-10,12-14H2,(H,33,34)/t18-,19+,21?/m1/s1. The number of rotatable bonds is 5. The first-order valence-corrected chi connectivity index (χ1v) is 12.0. The van der Waals surface area contributed by atoms with Gasteiger partial charge in [-0.05, 0) is 37.0 Å². The highest BCUT2D eigenvalue weighted by Crippen LogP contribution is 2.41. The first-order valence-electron chi connectivity index (χ1n) is 12.0. The van der Waals surface area contributed by atoms with Crippen molar-refractivity contribution in [1.82, 2.24) is 9.80 Å². The summed E-state index contributed by atoms with van der Waals surface area (Å²) in [5.41, 5.74) is 1.27. The molecule has 2 aromatic rings. The molecule has 186 valence electrons. The molecule has 1 fully saturated rings. The predicted octanol–water partition coefficient (Wildman–Crippen LogP) is 3.21. The van der Waals surface area contributed by atoms with Crippen LogP contribution in [-0.2, 0) is 16.0 Å². The molecule has 0 radical (unpaired) electrons. The van der Waals surface area contributed by atoms with Gasteiger partial charge in [-0.1, -0.05) is 37.1 Å². The van der Waals surface area contributed by atoms with Crippen LogP contribution in [0.2, 0.25) is 0 Å². The zero-order valence-corrected chi connectivity index (χ0v) is 19.5. The van der Waals surface area contributed by atoms with Crippen molar-refractivity contribution in [3.05, 3.63) is 74.8 Å². The van der Waals surface area contributed by atoms with Crippen molar-refractivity contribution in [3.8, 4) is 0 Å². The average Bonchev–Trinajstić information content (AvgIpc) is 3.12. The second kappa shape index (κ2) is 9.18. The minimum atomic E-state index is -1.03. The van der Waals surface area contributed by atoms with Gasteiger partial charge in [0.05, 0.1) is 46.0 Å². The fourth-order valence-electron chi connectivity index (χ4n) is 5.88. The zero-order valence-electron chi connectivity index (χ0n) is 19.5. The Morgan fingerprint density at radius 2 is 1.61 bits per heavy atom. The minimum absolute atomic E-state index is 0.190. The molecule has 5 rings (SSSR count). The lowest BCUT2D eigenvalue weighted by Crippen LogP contribution is -2.50. The number of benzene rings is 2. The van der Waals surface area contributed by atoms with Crippen molar-refractivity contribution < 1.29 is 29.2 Å². The summed E-state index contributed by atoms with van der Waals surface area (Å²) in [6.07, 6.45) is 2.59. The van der Waals surface area contributed by atoms with Crippen molar-refractivity contribution in [1.29, 1.82) is 0 Å². The van der Waals surface area contributed by atoms with Gasteiger partial charge in [-0.25, -0.2) is 0 Å². The van der Waals surface area contributed by atoms with Crippen molar-refractivity contribution >= 4 is 29.4 Å². The highest BCUT2D eigenvalue weighted by Gasteiger charge is 2.45. The second-order valence-corrected chi connectivity index (χ2v) is 9.51. The number of carboxylic acid groups (broad SMARTS) is 1. The van der Waals surface area contributed by atoms with E-state index in [1.807, 2.05) is 0 Å². The molecule has 1 saturated carbocycles. The number of aliphatic carboxylic acids is 1. The summed E-state index contributed by atoms with van der Waals surface area (Å²) in [5, 5.41) is 21.7. The highest BCUT2D eigenvalue weighted by molar-refractivity contribution is 6.21. The lowest BCUT2D eigenvalue weighted by molar-refractivity contribution is -0.386. The van der Waals surface area contributed by atoms with Gasteiger partial charge < -0.3 is 10.0 Å². The molecule has 0 saturated heterocycles. The monoisotopic (exact) mass is 491 g/mol. The molecule has 1 aliphatic carbocycles. The number of carbonyl (C=O) groups is 4. The summed E-state index contributed by atoms with van der Waals surface area (Å²) in [6.45, 7) is -0.0376. The Kier molecular flexibility index (Phi) is 6.03. The summed E-state index contributed by atoms with van der Waals surface area (Å²) in [7, 11) is 0. The Morgan fingerprint density at radius 3 is 2.22 bits per heavy atom. The lowest BCUT2D eigenvalue weighted by atomic mass is 9.77. The zero-order chi connectivity index (χ0) is 25.6. The van der Waals surface area contributed by atoms with Gasteiger partial charge in [0.2, 0.25) is 5.91 Å². The molecule has 2 aliphatic heterocycles. The largest absolute Gasteiger partial charge is 0.481 e. The van der Waals surface area contributed by atoms with E-state index < -0.39 is 46.5 Å². The van der Waals surface area contributed by atoms with Crippen LogP contribution in [0, 0.1) is 22.0 Å². The van der Waals surface area contributed by atoms with E-state index in [0.29, 0.717) is 43.2 Å². The first-order chi connectivity index (χ1) is 17.3. The Bertz CT molecular complexity index is 1260. The first kappa shape index (κ1) is 23.7. The number of nitro groups is 1. The van der Waals surface area contributed by atoms with Crippen LogP contribution in [0.4, 0.5) is 5.69 Å². The highest BCUT2D eigenvalue weighted by atomic mass is 16.6. The van der Waals surface area contributed by atoms with Crippen molar-refractivity contribution in [2.45, 2.75) is 38.1 Å². The Labute approximate surface area is 206 Å². The van der Waals surface area contributed by atoms with Crippen LogP contribution in [0.5, 0.6) is 0 Å². The van der Waals surface area contributed by atoms with E-state index in [-0.39, 0.29) is 29.9 Å². The van der Waals surface area contributed by atoms with Crippen LogP contribution in [-0.4, -0.2) is 56.6 Å². The molecule has 0 spiro atoms. The van der Waals surface area contributed by atoms with Crippen LogP contribution in [0.15, 0.2) is 42.5 Å². The predicted molar refractivity (Wildman–Crippen MR) is 126 cm³/mol. The number of hydrogen-bond donors (Lipinski definition) is 1. The fourth-order valence-corrected chi connectivity index (χ4v) is 5.88. The summed E-state index contributed by atoms with van der Waals surface area (Å²) < 4.78 is 0. The molecule has 1 unspecified atom stereocenters. The van der Waals surface area contributed by atoms with Crippen molar-refractivity contribution in [2.24, 2.45) is 11.8 Å². The minimum Gasteiger partial charge on any atom is -0.481 e. The molecule has 0 bridgehead atoms. The molecule has 3 aliphatic rings. The maximum absolute atomic E-state index is 13.8.